The molecule has 0 aliphatic rings. The van der Waals surface area contributed by atoms with Crippen LogP contribution in [0.5, 0.6) is 5.75 Å². The number of hydrogen-bond donors (Lipinski definition) is 1. The molecule has 1 N–H and O–H groups in total. The van der Waals surface area contributed by atoms with Gasteiger partial charge in [-0.25, -0.2) is 4.79 Å². The van der Waals surface area contributed by atoms with E-state index in [0.717, 1.165) is 0 Å². The molecule has 0 fully saturated rings. The van der Waals surface area contributed by atoms with Crippen molar-refractivity contribution in [2.75, 3.05) is 6.61 Å². The maximum atomic E-state index is 12.1. The summed E-state index contributed by atoms with van der Waals surface area (Å²) >= 11 is 0. The van der Waals surface area contributed by atoms with Gasteiger partial charge in [-0.1, -0.05) is 0 Å². The molecule has 2 heterocycles. The number of phenolic OH excluding ortho intramolecular Hbond substituents is 1. The minimum atomic E-state index is -0.588. The summed E-state index contributed by atoms with van der Waals surface area (Å²) < 4.78 is 15.7. The van der Waals surface area contributed by atoms with Gasteiger partial charge in [0.25, 0.3) is 0 Å². The van der Waals surface area contributed by atoms with Gasteiger partial charge in [0, 0.05) is 12.1 Å². The third kappa shape index (κ3) is 2.46. The molecule has 2 aromatic heterocycles. The number of carbonyl (C=O) groups excluding carboxylic acids is 1. The highest BCUT2D eigenvalue weighted by molar-refractivity contribution is 5.87. The first kappa shape index (κ1) is 13.9. The highest BCUT2D eigenvalue weighted by Gasteiger charge is 2.15. The highest BCUT2D eigenvalue weighted by atomic mass is 16.5. The number of hydrogen-bond acceptors (Lipinski definition) is 6. The predicted molar refractivity (Wildman–Crippen MR) is 77.8 cm³/mol. The summed E-state index contributed by atoms with van der Waals surface area (Å²) in [5.74, 6) is -0.187. The Labute approximate surface area is 124 Å². The van der Waals surface area contributed by atoms with Gasteiger partial charge in [-0.2, -0.15) is 0 Å². The molecule has 112 valence electrons. The van der Waals surface area contributed by atoms with E-state index in [0.29, 0.717) is 5.39 Å². The number of carbonyl (C=O) groups is 1. The Bertz CT molecular complexity index is 902. The van der Waals surface area contributed by atoms with Gasteiger partial charge in [-0.05, 0) is 31.2 Å². The van der Waals surface area contributed by atoms with E-state index >= 15 is 0 Å². The van der Waals surface area contributed by atoms with Crippen LogP contribution >= 0.6 is 0 Å². The number of aromatic hydroxyl groups is 1. The Balaban J connectivity index is 2.07. The Morgan fingerprint density at radius 1 is 1.14 bits per heavy atom. The van der Waals surface area contributed by atoms with Crippen molar-refractivity contribution in [1.29, 1.82) is 0 Å². The highest BCUT2D eigenvalue weighted by Crippen LogP contribution is 2.26. The van der Waals surface area contributed by atoms with Gasteiger partial charge in [-0.15, -0.1) is 0 Å². The average Bonchev–Trinajstić information content (AvgIpc) is 2.96. The quantitative estimate of drug-likeness (QED) is 0.748. The predicted octanol–water partition coefficient (Wildman–Crippen LogP) is 2.94. The van der Waals surface area contributed by atoms with Crippen LogP contribution in [-0.4, -0.2) is 17.7 Å². The van der Waals surface area contributed by atoms with E-state index in [1.807, 2.05) is 0 Å². The summed E-state index contributed by atoms with van der Waals surface area (Å²) in [6.07, 6.45) is 0. The minimum absolute atomic E-state index is 0.0144. The largest absolute Gasteiger partial charge is 0.508 e. The maximum Gasteiger partial charge on any atom is 0.374 e. The van der Waals surface area contributed by atoms with Crippen LogP contribution in [-0.2, 0) is 4.74 Å². The van der Waals surface area contributed by atoms with Crippen molar-refractivity contribution < 1.29 is 23.5 Å². The summed E-state index contributed by atoms with van der Waals surface area (Å²) in [6.45, 7) is 1.93. The lowest BCUT2D eigenvalue weighted by Crippen LogP contribution is -2.02. The number of furan rings is 1. The molecule has 6 nitrogen and oxygen atoms in total. The molecule has 3 aromatic rings. The molecule has 0 saturated carbocycles. The van der Waals surface area contributed by atoms with Crippen molar-refractivity contribution in [2.24, 2.45) is 0 Å². The molecule has 0 aliphatic heterocycles. The molecule has 0 atom stereocenters. The van der Waals surface area contributed by atoms with E-state index in [-0.39, 0.29) is 40.6 Å². The zero-order chi connectivity index (χ0) is 15.7. The molecule has 0 saturated heterocycles. The molecule has 0 aliphatic carbocycles. The van der Waals surface area contributed by atoms with Crippen molar-refractivity contribution >= 4 is 16.9 Å². The van der Waals surface area contributed by atoms with Crippen LogP contribution in [0.2, 0.25) is 0 Å². The van der Waals surface area contributed by atoms with E-state index in [1.165, 1.54) is 36.4 Å². The number of fused-ring (bicyclic) bond motifs is 1. The molecule has 3 rings (SSSR count). The van der Waals surface area contributed by atoms with Crippen molar-refractivity contribution in [2.45, 2.75) is 6.92 Å². The summed E-state index contributed by atoms with van der Waals surface area (Å²) in [5.41, 5.74) is -0.0399. The van der Waals surface area contributed by atoms with Crippen LogP contribution < -0.4 is 5.43 Å². The van der Waals surface area contributed by atoms with E-state index < -0.39 is 5.97 Å². The van der Waals surface area contributed by atoms with Crippen LogP contribution in [0.1, 0.15) is 17.5 Å². The molecule has 6 heteroatoms. The average molecular weight is 300 g/mol. The molecular formula is C16H12O6. The Morgan fingerprint density at radius 3 is 2.73 bits per heavy atom. The second-order valence-corrected chi connectivity index (χ2v) is 4.54. The fourth-order valence-electron chi connectivity index (χ4n) is 2.05. The number of rotatable bonds is 3. The van der Waals surface area contributed by atoms with Crippen LogP contribution in [0.15, 0.2) is 50.0 Å². The van der Waals surface area contributed by atoms with E-state index in [1.54, 1.807) is 6.92 Å². The van der Waals surface area contributed by atoms with Gasteiger partial charge in [0.1, 0.15) is 11.3 Å². The smallest absolute Gasteiger partial charge is 0.374 e. The van der Waals surface area contributed by atoms with Crippen molar-refractivity contribution in [3.8, 4) is 17.3 Å². The Hall–Kier alpha value is -3.02. The van der Waals surface area contributed by atoms with Gasteiger partial charge >= 0.3 is 5.97 Å². The third-order valence-corrected chi connectivity index (χ3v) is 3.04. The van der Waals surface area contributed by atoms with Crippen LogP contribution in [0, 0.1) is 0 Å². The lowest BCUT2D eigenvalue weighted by Gasteiger charge is -2.01. The zero-order valence-electron chi connectivity index (χ0n) is 11.7. The van der Waals surface area contributed by atoms with Gasteiger partial charge < -0.3 is 18.7 Å². The summed E-state index contributed by atoms with van der Waals surface area (Å²) in [7, 11) is 0. The first-order chi connectivity index (χ1) is 10.6. The SMILES string of the molecule is CCOC(=O)c1ccc(-c2cc(=O)c3ccc(O)cc3o2)o1. The lowest BCUT2D eigenvalue weighted by atomic mass is 10.2. The van der Waals surface area contributed by atoms with Gasteiger partial charge in [0.2, 0.25) is 5.76 Å². The van der Waals surface area contributed by atoms with E-state index in [9.17, 15) is 14.7 Å². The molecule has 0 radical (unpaired) electrons. The summed E-state index contributed by atoms with van der Waals surface area (Å²) in [5, 5.41) is 9.82. The maximum absolute atomic E-state index is 12.1. The number of phenols is 1. The van der Waals surface area contributed by atoms with Gasteiger partial charge in [-0.3, -0.25) is 4.79 Å². The monoisotopic (exact) mass is 300 g/mol. The minimum Gasteiger partial charge on any atom is -0.508 e. The van der Waals surface area contributed by atoms with Crippen LogP contribution in [0.4, 0.5) is 0 Å². The molecule has 0 amide bonds. The number of esters is 1. The fourth-order valence-corrected chi connectivity index (χ4v) is 2.05. The molecule has 0 unspecified atom stereocenters. The van der Waals surface area contributed by atoms with Gasteiger partial charge in [0.15, 0.2) is 16.9 Å². The molecule has 0 spiro atoms. The van der Waals surface area contributed by atoms with Crippen LogP contribution in [0.3, 0.4) is 0 Å². The standard InChI is InChI=1S/C16H12O6/c1-2-20-16(19)13-6-5-12(21-13)15-8-11(18)10-4-3-9(17)7-14(10)22-15/h3-8,17H,2H2,1H3. The summed E-state index contributed by atoms with van der Waals surface area (Å²) in [6, 6.07) is 8.46. The molecular weight excluding hydrogens is 288 g/mol. The van der Waals surface area contributed by atoms with Crippen LogP contribution in [0.25, 0.3) is 22.5 Å². The first-order valence-electron chi connectivity index (χ1n) is 6.62. The third-order valence-electron chi connectivity index (χ3n) is 3.04. The lowest BCUT2D eigenvalue weighted by molar-refractivity contribution is 0.0491. The normalized spacial score (nSPS) is 10.8. The zero-order valence-corrected chi connectivity index (χ0v) is 11.7. The van der Waals surface area contributed by atoms with Crippen molar-refractivity contribution in [3.05, 3.63) is 52.4 Å². The Morgan fingerprint density at radius 2 is 1.95 bits per heavy atom. The van der Waals surface area contributed by atoms with Crippen molar-refractivity contribution in [3.63, 3.8) is 0 Å². The molecule has 1 aromatic carbocycles. The number of ether oxygens (including phenoxy) is 1. The fraction of sp³-hybridized carbons (Fsp3) is 0.125. The van der Waals surface area contributed by atoms with E-state index in [4.69, 9.17) is 13.6 Å². The first-order valence-corrected chi connectivity index (χ1v) is 6.62. The Kier molecular flexibility index (Phi) is 3.42. The van der Waals surface area contributed by atoms with Gasteiger partial charge in [0.05, 0.1) is 12.0 Å². The number of benzene rings is 1. The molecule has 0 bridgehead atoms. The second kappa shape index (κ2) is 5.40. The van der Waals surface area contributed by atoms with E-state index in [2.05, 4.69) is 0 Å². The summed E-state index contributed by atoms with van der Waals surface area (Å²) in [4.78, 5) is 23.6. The topological polar surface area (TPSA) is 89.9 Å². The van der Waals surface area contributed by atoms with Crippen molar-refractivity contribution in [1.82, 2.24) is 0 Å². The second-order valence-electron chi connectivity index (χ2n) is 4.54. The molecule has 22 heavy (non-hydrogen) atoms.